The number of nitrogens with one attached hydrogen (secondary N) is 2. The van der Waals surface area contributed by atoms with Gasteiger partial charge in [0.15, 0.2) is 5.82 Å². The number of nitrogens with zero attached hydrogens (tertiary/aromatic N) is 2. The molecule has 28 heavy (non-hydrogen) atoms. The van der Waals surface area contributed by atoms with Gasteiger partial charge >= 0.3 is 23.2 Å². The number of fused-ring (bicyclic) bond motifs is 1. The second kappa shape index (κ2) is 8.44. The van der Waals surface area contributed by atoms with Crippen molar-refractivity contribution in [2.24, 2.45) is 0 Å². The van der Waals surface area contributed by atoms with Gasteiger partial charge in [-0.3, -0.25) is 14.3 Å². The molecule has 8 N–H and O–H groups in total. The number of thioether (sulfide) groups is 1. The summed E-state index contributed by atoms with van der Waals surface area (Å²) in [5.41, 5.74) is 4.64. The molecule has 1 aromatic heterocycles. The minimum absolute atomic E-state index is 0.0743. The lowest BCUT2D eigenvalue weighted by atomic mass is 10.4. The summed E-state index contributed by atoms with van der Waals surface area (Å²) in [5, 5.41) is 2.49. The van der Waals surface area contributed by atoms with Gasteiger partial charge in [0.05, 0.1) is 12.2 Å². The quantitative estimate of drug-likeness (QED) is 0.230. The molecule has 160 valence electrons. The van der Waals surface area contributed by atoms with Crippen LogP contribution in [0.5, 0.6) is 0 Å². The Morgan fingerprint density at radius 2 is 1.93 bits per heavy atom. The van der Waals surface area contributed by atoms with Crippen molar-refractivity contribution in [1.82, 2.24) is 9.97 Å². The molecule has 3 atom stereocenters. The molecule has 1 aromatic rings. The number of aromatic nitrogens is 2. The van der Waals surface area contributed by atoms with Crippen LogP contribution in [-0.4, -0.2) is 53.5 Å². The van der Waals surface area contributed by atoms with E-state index in [4.69, 9.17) is 20.4 Å². The highest BCUT2D eigenvalue weighted by atomic mass is 32.2. The van der Waals surface area contributed by atoms with E-state index in [1.165, 1.54) is 0 Å². The second-order valence-electron chi connectivity index (χ2n) is 5.57. The van der Waals surface area contributed by atoms with Crippen molar-refractivity contribution in [3.8, 4) is 0 Å². The van der Waals surface area contributed by atoms with Crippen molar-refractivity contribution in [3.63, 3.8) is 0 Å². The van der Waals surface area contributed by atoms with E-state index < -0.39 is 34.3 Å². The number of aromatic amines is 1. The maximum atomic E-state index is 11.9. The van der Waals surface area contributed by atoms with Crippen LogP contribution in [0, 0.1) is 0 Å². The second-order valence-corrected chi connectivity index (χ2v) is 12.2. The molecule has 0 bridgehead atoms. The first kappa shape index (κ1) is 23.4. The fourth-order valence-corrected chi connectivity index (χ4v) is 7.61. The molecule has 2 heterocycles. The summed E-state index contributed by atoms with van der Waals surface area (Å²) >= 11 is 0.878. The highest BCUT2D eigenvalue weighted by Gasteiger charge is 2.39. The first-order valence-electron chi connectivity index (χ1n) is 7.30. The van der Waals surface area contributed by atoms with Gasteiger partial charge in [-0.25, -0.2) is 13.4 Å². The smallest absolute Gasteiger partial charge is 0.369 e. The lowest BCUT2D eigenvalue weighted by molar-refractivity contribution is 0.223. The van der Waals surface area contributed by atoms with Crippen LogP contribution in [0.4, 0.5) is 17.5 Å². The fourth-order valence-electron chi connectivity index (χ4n) is 2.19. The van der Waals surface area contributed by atoms with Crippen LogP contribution >= 0.6 is 35.0 Å². The molecule has 2 rings (SSSR count). The lowest BCUT2D eigenvalue weighted by Crippen LogP contribution is -2.30. The van der Waals surface area contributed by atoms with E-state index >= 15 is 0 Å². The summed E-state index contributed by atoms with van der Waals surface area (Å²) in [4.78, 5) is 55.6. The minimum atomic E-state index is -5.45. The van der Waals surface area contributed by atoms with E-state index in [-0.39, 0.29) is 30.1 Å². The molecule has 1 aliphatic rings. The monoisotopic (exact) mass is 481 g/mol. The molecule has 19 heteroatoms. The Bertz CT molecular complexity index is 936. The summed E-state index contributed by atoms with van der Waals surface area (Å²) in [6, 6.07) is 0. The zero-order valence-electron chi connectivity index (χ0n) is 14.2. The highest BCUT2D eigenvalue weighted by molar-refractivity contribution is 8.05. The fraction of sp³-hybridized carbons (Fsp3) is 0.556. The SMILES string of the molecule is CC(CN1CNc2c1nc(N)[nH]c2=O)SCP(=O)(O)OP(=O)(O)OP(=O)(O)O. The Morgan fingerprint density at radius 3 is 2.54 bits per heavy atom. The van der Waals surface area contributed by atoms with Crippen molar-refractivity contribution in [3.05, 3.63) is 10.4 Å². The zero-order valence-corrected chi connectivity index (χ0v) is 17.7. The van der Waals surface area contributed by atoms with Gasteiger partial charge in [-0.15, -0.1) is 11.8 Å². The summed E-state index contributed by atoms with van der Waals surface area (Å²) < 4.78 is 41.3. The van der Waals surface area contributed by atoms with Crippen LogP contribution in [0.25, 0.3) is 0 Å². The van der Waals surface area contributed by atoms with Crippen LogP contribution < -0.4 is 21.5 Å². The van der Waals surface area contributed by atoms with Crippen molar-refractivity contribution in [2.45, 2.75) is 12.2 Å². The summed E-state index contributed by atoms with van der Waals surface area (Å²) in [5.74, 6) is 0.238. The Balaban J connectivity index is 1.94. The maximum absolute atomic E-state index is 11.9. The molecular weight excluding hydrogens is 463 g/mol. The molecule has 0 radical (unpaired) electrons. The molecule has 0 fully saturated rings. The van der Waals surface area contributed by atoms with E-state index in [0.29, 0.717) is 5.82 Å². The summed E-state index contributed by atoms with van der Waals surface area (Å²) in [6.45, 7) is 2.18. The van der Waals surface area contributed by atoms with Gasteiger partial charge in [-0.05, 0) is 0 Å². The highest BCUT2D eigenvalue weighted by Crippen LogP contribution is 2.66. The average Bonchev–Trinajstić information content (AvgIpc) is 2.84. The number of phosphoric acid groups is 2. The number of rotatable bonds is 9. The van der Waals surface area contributed by atoms with E-state index in [0.717, 1.165) is 11.8 Å². The number of nitrogen functional groups attached to an aromatic ring is 1. The van der Waals surface area contributed by atoms with Crippen molar-refractivity contribution in [1.29, 1.82) is 0 Å². The Morgan fingerprint density at radius 1 is 1.29 bits per heavy atom. The third kappa shape index (κ3) is 6.85. The van der Waals surface area contributed by atoms with E-state index in [9.17, 15) is 23.4 Å². The largest absolute Gasteiger partial charge is 0.488 e. The van der Waals surface area contributed by atoms with Gasteiger partial charge in [0.1, 0.15) is 5.69 Å². The van der Waals surface area contributed by atoms with E-state index in [2.05, 4.69) is 23.9 Å². The van der Waals surface area contributed by atoms with Crippen LogP contribution in [0.2, 0.25) is 0 Å². The van der Waals surface area contributed by atoms with Crippen LogP contribution in [0.3, 0.4) is 0 Å². The molecule has 0 saturated carbocycles. The first-order valence-corrected chi connectivity index (χ1v) is 13.1. The Hall–Kier alpha value is -0.920. The van der Waals surface area contributed by atoms with Gasteiger partial charge in [-0.2, -0.15) is 9.29 Å². The number of hydrogen-bond acceptors (Lipinski definition) is 11. The first-order chi connectivity index (χ1) is 12.7. The minimum Gasteiger partial charge on any atom is -0.369 e. The molecule has 0 aliphatic carbocycles. The third-order valence-electron chi connectivity index (χ3n) is 3.10. The molecular formula is C9H18N5O10P3S. The molecule has 1 aliphatic heterocycles. The summed E-state index contributed by atoms with van der Waals surface area (Å²) in [6.07, 6.45) is 0. The van der Waals surface area contributed by atoms with Crippen LogP contribution in [0.15, 0.2) is 4.79 Å². The predicted molar refractivity (Wildman–Crippen MR) is 101 cm³/mol. The molecule has 0 amide bonds. The molecule has 0 aromatic carbocycles. The molecule has 0 spiro atoms. The number of H-pyrrole nitrogens is 1. The predicted octanol–water partition coefficient (Wildman–Crippen LogP) is 0.0324. The molecule has 3 unspecified atom stereocenters. The van der Waals surface area contributed by atoms with Crippen LogP contribution in [0.1, 0.15) is 6.92 Å². The molecule has 15 nitrogen and oxygen atoms in total. The number of nitrogens with two attached hydrogens (primary N) is 1. The number of hydrogen-bond donors (Lipinski definition) is 7. The molecule has 0 saturated heterocycles. The van der Waals surface area contributed by atoms with E-state index in [1.807, 2.05) is 0 Å². The van der Waals surface area contributed by atoms with Crippen LogP contribution in [-0.2, 0) is 22.3 Å². The summed E-state index contributed by atoms with van der Waals surface area (Å²) in [7, 11) is -15.6. The third-order valence-corrected chi connectivity index (χ3v) is 9.25. The Kier molecular flexibility index (Phi) is 7.04. The standard InChI is InChI=1S/C9H18N5O10P3S/c1-5(2-14-3-11-6-7(14)12-9(10)13-8(6)15)28-4-25(16,17)23-27(21,22)24-26(18,19)20/h5,11H,2-4H2,1H3,(H,16,17)(H,21,22)(H2,18,19,20)(H3,10,12,13,15). The van der Waals surface area contributed by atoms with Crippen molar-refractivity contribution >= 4 is 52.5 Å². The van der Waals surface area contributed by atoms with E-state index in [1.54, 1.807) is 11.8 Å². The van der Waals surface area contributed by atoms with Crippen molar-refractivity contribution < 1.29 is 41.9 Å². The van der Waals surface area contributed by atoms with Gasteiger partial charge in [-0.1, -0.05) is 6.92 Å². The van der Waals surface area contributed by atoms with Crippen molar-refractivity contribution in [2.75, 3.05) is 34.7 Å². The number of anilines is 3. The topological polar surface area (TPSA) is 238 Å². The van der Waals surface area contributed by atoms with Gasteiger partial charge in [0, 0.05) is 11.8 Å². The normalized spacial score (nSPS) is 19.4. The Labute approximate surface area is 162 Å². The lowest BCUT2D eigenvalue weighted by Gasteiger charge is -2.22. The zero-order chi connectivity index (χ0) is 21.3. The average molecular weight is 481 g/mol. The van der Waals surface area contributed by atoms with Gasteiger partial charge in [0.25, 0.3) is 5.56 Å². The van der Waals surface area contributed by atoms with Gasteiger partial charge < -0.3 is 35.5 Å². The maximum Gasteiger partial charge on any atom is 0.488 e. The van der Waals surface area contributed by atoms with Gasteiger partial charge in [0.2, 0.25) is 5.95 Å².